The highest BCUT2D eigenvalue weighted by Gasteiger charge is 2.28. The third-order valence-corrected chi connectivity index (χ3v) is 3.22. The monoisotopic (exact) mass is 301 g/mol. The van der Waals surface area contributed by atoms with E-state index < -0.39 is 10.8 Å². The Morgan fingerprint density at radius 3 is 2.71 bits per heavy atom. The first kappa shape index (κ1) is 13.3. The summed E-state index contributed by atoms with van der Waals surface area (Å²) in [5.74, 6) is -0.398. The number of fused-ring (bicyclic) bond motifs is 1. The lowest BCUT2D eigenvalue weighted by Crippen LogP contribution is -2.13. The minimum atomic E-state index is -0.514. The number of anilines is 1. The van der Waals surface area contributed by atoms with Gasteiger partial charge >= 0.3 is 0 Å². The van der Waals surface area contributed by atoms with E-state index in [-0.39, 0.29) is 11.4 Å². The molecule has 2 aromatic rings. The highest BCUT2D eigenvalue weighted by atomic mass is 35.5. The van der Waals surface area contributed by atoms with Crippen molar-refractivity contribution >= 4 is 40.3 Å². The van der Waals surface area contributed by atoms with Gasteiger partial charge in [-0.25, -0.2) is 4.99 Å². The van der Waals surface area contributed by atoms with Crippen LogP contribution in [0, 0.1) is 10.1 Å². The van der Waals surface area contributed by atoms with E-state index >= 15 is 0 Å². The van der Waals surface area contributed by atoms with Crippen LogP contribution in [0.1, 0.15) is 5.56 Å². The molecule has 0 saturated carbocycles. The average molecular weight is 302 g/mol. The zero-order valence-electron chi connectivity index (χ0n) is 10.5. The highest BCUT2D eigenvalue weighted by Crippen LogP contribution is 2.29. The van der Waals surface area contributed by atoms with Crippen LogP contribution in [0.5, 0.6) is 0 Å². The van der Waals surface area contributed by atoms with E-state index in [4.69, 9.17) is 11.6 Å². The van der Waals surface area contributed by atoms with Crippen molar-refractivity contribution in [3.63, 3.8) is 0 Å². The van der Waals surface area contributed by atoms with Crippen LogP contribution in [0.15, 0.2) is 47.5 Å². The smallest absolute Gasteiger partial charge is 0.275 e. The number of nitro groups is 1. The molecule has 104 valence electrons. The number of nitrogens with zero attached hydrogens (tertiary/aromatic N) is 2. The molecule has 0 atom stereocenters. The van der Waals surface area contributed by atoms with E-state index in [1.165, 1.54) is 18.2 Å². The molecule has 1 aliphatic rings. The van der Waals surface area contributed by atoms with Crippen molar-refractivity contribution in [2.45, 2.75) is 0 Å². The lowest BCUT2D eigenvalue weighted by atomic mass is 10.1. The van der Waals surface area contributed by atoms with Crippen molar-refractivity contribution in [3.8, 4) is 0 Å². The molecular formula is C14H8ClN3O3. The highest BCUT2D eigenvalue weighted by molar-refractivity contribution is 6.54. The summed E-state index contributed by atoms with van der Waals surface area (Å²) in [7, 11) is 0. The quantitative estimate of drug-likeness (QED) is 0.682. The minimum absolute atomic E-state index is 0.0935. The van der Waals surface area contributed by atoms with Gasteiger partial charge in [-0.05, 0) is 24.3 Å². The average Bonchev–Trinajstić information content (AvgIpc) is 2.74. The number of halogens is 1. The molecule has 0 saturated heterocycles. The fourth-order valence-electron chi connectivity index (χ4n) is 2.04. The summed E-state index contributed by atoms with van der Waals surface area (Å²) >= 11 is 5.87. The maximum absolute atomic E-state index is 12.0. The first-order valence-electron chi connectivity index (χ1n) is 5.99. The molecule has 0 aromatic heterocycles. The van der Waals surface area contributed by atoms with Crippen LogP contribution in [0.25, 0.3) is 0 Å². The molecular weight excluding hydrogens is 294 g/mol. The maximum atomic E-state index is 12.0. The SMILES string of the molecule is O=C1Nc2ccc([N+](=O)[O-])cc2C1=Nc1cccc(Cl)c1. The number of carbonyl (C=O) groups is 1. The van der Waals surface area contributed by atoms with Crippen LogP contribution >= 0.6 is 11.6 Å². The lowest BCUT2D eigenvalue weighted by Gasteiger charge is -1.99. The summed E-state index contributed by atoms with van der Waals surface area (Å²) in [6, 6.07) is 10.9. The molecule has 0 aliphatic carbocycles. The van der Waals surface area contributed by atoms with Gasteiger partial charge in [-0.2, -0.15) is 0 Å². The number of rotatable bonds is 2. The lowest BCUT2D eigenvalue weighted by molar-refractivity contribution is -0.384. The van der Waals surface area contributed by atoms with Crippen LogP contribution in [0.3, 0.4) is 0 Å². The molecule has 0 spiro atoms. The van der Waals surface area contributed by atoms with Crippen molar-refractivity contribution in [1.82, 2.24) is 0 Å². The first-order valence-corrected chi connectivity index (χ1v) is 6.37. The molecule has 21 heavy (non-hydrogen) atoms. The van der Waals surface area contributed by atoms with E-state index in [0.717, 1.165) is 0 Å². The summed E-state index contributed by atoms with van der Waals surface area (Å²) < 4.78 is 0. The summed E-state index contributed by atoms with van der Waals surface area (Å²) in [6.45, 7) is 0. The zero-order chi connectivity index (χ0) is 15.0. The predicted molar refractivity (Wildman–Crippen MR) is 79.4 cm³/mol. The molecule has 1 amide bonds. The summed E-state index contributed by atoms with van der Waals surface area (Å²) in [4.78, 5) is 26.5. The number of nitrogens with one attached hydrogen (secondary N) is 1. The van der Waals surface area contributed by atoms with Gasteiger partial charge in [0.1, 0.15) is 5.71 Å². The summed E-state index contributed by atoms with van der Waals surface area (Å²) in [6.07, 6.45) is 0. The Kier molecular flexibility index (Phi) is 3.15. The second kappa shape index (κ2) is 4.99. The number of amides is 1. The molecule has 1 N–H and O–H groups in total. The van der Waals surface area contributed by atoms with Gasteiger partial charge in [0.25, 0.3) is 11.6 Å². The van der Waals surface area contributed by atoms with E-state index in [1.54, 1.807) is 24.3 Å². The number of hydrogen-bond donors (Lipinski definition) is 1. The number of nitro benzene ring substituents is 1. The van der Waals surface area contributed by atoms with E-state index in [0.29, 0.717) is 22.0 Å². The molecule has 6 nitrogen and oxygen atoms in total. The van der Waals surface area contributed by atoms with Crippen molar-refractivity contribution in [3.05, 3.63) is 63.2 Å². The largest absolute Gasteiger partial charge is 0.320 e. The number of carbonyl (C=O) groups excluding carboxylic acids is 1. The number of aliphatic imine (C=N–C) groups is 1. The number of non-ortho nitro benzene ring substituents is 1. The molecule has 1 aliphatic heterocycles. The van der Waals surface area contributed by atoms with E-state index in [1.807, 2.05) is 0 Å². The van der Waals surface area contributed by atoms with Crippen LogP contribution in [-0.2, 0) is 4.79 Å². The Morgan fingerprint density at radius 1 is 1.19 bits per heavy atom. The summed E-state index contributed by atoms with van der Waals surface area (Å²) in [5, 5.41) is 14.0. The van der Waals surface area contributed by atoms with Gasteiger partial charge in [-0.3, -0.25) is 14.9 Å². The third kappa shape index (κ3) is 2.48. The first-order chi connectivity index (χ1) is 10.0. The molecule has 2 aromatic carbocycles. The topological polar surface area (TPSA) is 84.6 Å². The van der Waals surface area contributed by atoms with Gasteiger partial charge < -0.3 is 5.32 Å². The number of benzene rings is 2. The second-order valence-corrected chi connectivity index (χ2v) is 4.82. The Balaban J connectivity index is 2.11. The van der Waals surface area contributed by atoms with Gasteiger partial charge in [0.05, 0.1) is 16.3 Å². The van der Waals surface area contributed by atoms with Crippen molar-refractivity contribution in [2.24, 2.45) is 4.99 Å². The normalized spacial score (nSPS) is 14.9. The van der Waals surface area contributed by atoms with Crippen LogP contribution in [-0.4, -0.2) is 16.5 Å². The Morgan fingerprint density at radius 2 is 2.00 bits per heavy atom. The standard InChI is InChI=1S/C14H8ClN3O3/c15-8-2-1-3-9(6-8)16-13-11-7-10(18(20)21)4-5-12(11)17-14(13)19/h1-7H,(H,16,17,19). The van der Waals surface area contributed by atoms with Crippen molar-refractivity contribution < 1.29 is 9.72 Å². The minimum Gasteiger partial charge on any atom is -0.320 e. The van der Waals surface area contributed by atoms with Crippen LogP contribution in [0.4, 0.5) is 17.1 Å². The van der Waals surface area contributed by atoms with Gasteiger partial charge in [0.2, 0.25) is 0 Å². The van der Waals surface area contributed by atoms with E-state index in [9.17, 15) is 14.9 Å². The fraction of sp³-hybridized carbons (Fsp3) is 0. The van der Waals surface area contributed by atoms with Crippen molar-refractivity contribution in [2.75, 3.05) is 5.32 Å². The van der Waals surface area contributed by atoms with E-state index in [2.05, 4.69) is 10.3 Å². The second-order valence-electron chi connectivity index (χ2n) is 4.38. The molecule has 0 fully saturated rings. The summed E-state index contributed by atoms with van der Waals surface area (Å²) in [5.41, 5.74) is 1.47. The molecule has 7 heteroatoms. The molecule has 0 unspecified atom stereocenters. The number of hydrogen-bond acceptors (Lipinski definition) is 4. The van der Waals surface area contributed by atoms with Crippen LogP contribution in [0.2, 0.25) is 5.02 Å². The Hall–Kier alpha value is -2.73. The van der Waals surface area contributed by atoms with Gasteiger partial charge in [0, 0.05) is 22.7 Å². The maximum Gasteiger partial charge on any atom is 0.275 e. The van der Waals surface area contributed by atoms with Gasteiger partial charge in [0.15, 0.2) is 0 Å². The van der Waals surface area contributed by atoms with Gasteiger partial charge in [-0.1, -0.05) is 17.7 Å². The van der Waals surface area contributed by atoms with Crippen LogP contribution < -0.4 is 5.32 Å². The fourth-order valence-corrected chi connectivity index (χ4v) is 2.22. The van der Waals surface area contributed by atoms with Gasteiger partial charge in [-0.15, -0.1) is 0 Å². The zero-order valence-corrected chi connectivity index (χ0v) is 11.3. The Bertz CT molecular complexity index is 802. The molecule has 0 bridgehead atoms. The predicted octanol–water partition coefficient (Wildman–Crippen LogP) is 3.32. The third-order valence-electron chi connectivity index (χ3n) is 2.98. The van der Waals surface area contributed by atoms with Crippen molar-refractivity contribution in [1.29, 1.82) is 0 Å². The Labute approximate surface area is 124 Å². The molecule has 0 radical (unpaired) electrons. The molecule has 1 heterocycles. The molecule has 3 rings (SSSR count).